The molecule has 5 nitrogen and oxygen atoms in total. The lowest BCUT2D eigenvalue weighted by molar-refractivity contribution is -0.125. The van der Waals surface area contributed by atoms with Crippen molar-refractivity contribution in [2.45, 2.75) is 31.7 Å². The maximum absolute atomic E-state index is 11.7. The van der Waals surface area contributed by atoms with Gasteiger partial charge in [-0.1, -0.05) is 0 Å². The summed E-state index contributed by atoms with van der Waals surface area (Å²) >= 11 is 0. The van der Waals surface area contributed by atoms with Gasteiger partial charge in [0.2, 0.25) is 11.8 Å². The molecule has 2 saturated heterocycles. The molecular weight excluding hydrogens is 206 g/mol. The molecule has 0 aromatic heterocycles. The molecule has 5 heteroatoms. The molecule has 0 aromatic rings. The lowest BCUT2D eigenvalue weighted by Crippen LogP contribution is -2.44. The fourth-order valence-corrected chi connectivity index (χ4v) is 2.26. The minimum absolute atomic E-state index is 0.0120. The molecule has 2 fully saturated rings. The molecule has 0 spiro atoms. The van der Waals surface area contributed by atoms with Gasteiger partial charge in [0.05, 0.1) is 0 Å². The number of amides is 2. The molecule has 2 rings (SSSR count). The van der Waals surface area contributed by atoms with Crippen LogP contribution < -0.4 is 16.0 Å². The van der Waals surface area contributed by atoms with Crippen molar-refractivity contribution in [1.29, 1.82) is 0 Å². The molecule has 16 heavy (non-hydrogen) atoms. The quantitative estimate of drug-likeness (QED) is 0.599. The monoisotopic (exact) mass is 225 g/mol. The van der Waals surface area contributed by atoms with Crippen LogP contribution in [0.3, 0.4) is 0 Å². The normalized spacial score (nSPS) is 26.5. The predicted octanol–water partition coefficient (Wildman–Crippen LogP) is -0.619. The second-order valence-electron chi connectivity index (χ2n) is 4.60. The van der Waals surface area contributed by atoms with Gasteiger partial charge in [-0.3, -0.25) is 9.59 Å². The smallest absolute Gasteiger partial charge is 0.242 e. The number of carbonyl (C=O) groups excluding carboxylic acids is 2. The number of hydrogen-bond acceptors (Lipinski definition) is 3. The summed E-state index contributed by atoms with van der Waals surface area (Å²) in [5, 5.41) is 8.91. The van der Waals surface area contributed by atoms with E-state index in [9.17, 15) is 9.59 Å². The number of hydrogen-bond donors (Lipinski definition) is 3. The Kier molecular flexibility index (Phi) is 3.77. The van der Waals surface area contributed by atoms with Crippen LogP contribution in [0.25, 0.3) is 0 Å². The van der Waals surface area contributed by atoms with Crippen molar-refractivity contribution in [1.82, 2.24) is 16.0 Å². The second kappa shape index (κ2) is 5.30. The first-order chi connectivity index (χ1) is 7.75. The molecule has 2 aliphatic rings. The van der Waals surface area contributed by atoms with Gasteiger partial charge < -0.3 is 16.0 Å². The highest BCUT2D eigenvalue weighted by atomic mass is 16.2. The van der Waals surface area contributed by atoms with E-state index in [1.807, 2.05) is 0 Å². The number of carbonyl (C=O) groups is 2. The first kappa shape index (κ1) is 11.4. The molecule has 0 aromatic carbocycles. The van der Waals surface area contributed by atoms with E-state index in [4.69, 9.17) is 0 Å². The average molecular weight is 225 g/mol. The summed E-state index contributed by atoms with van der Waals surface area (Å²) in [7, 11) is 0. The van der Waals surface area contributed by atoms with E-state index in [1.54, 1.807) is 0 Å². The van der Waals surface area contributed by atoms with Crippen LogP contribution in [0.5, 0.6) is 0 Å². The summed E-state index contributed by atoms with van der Waals surface area (Å²) in [5.74, 6) is 0.550. The molecule has 2 heterocycles. The van der Waals surface area contributed by atoms with E-state index < -0.39 is 0 Å². The zero-order valence-corrected chi connectivity index (χ0v) is 9.42. The molecule has 0 aliphatic carbocycles. The van der Waals surface area contributed by atoms with Crippen LogP contribution in [0, 0.1) is 5.92 Å². The Balaban J connectivity index is 1.68. The van der Waals surface area contributed by atoms with Crippen molar-refractivity contribution < 1.29 is 9.59 Å². The van der Waals surface area contributed by atoms with Crippen molar-refractivity contribution in [2.75, 3.05) is 19.6 Å². The van der Waals surface area contributed by atoms with Gasteiger partial charge in [-0.2, -0.15) is 0 Å². The Labute approximate surface area is 95.3 Å². The van der Waals surface area contributed by atoms with Crippen molar-refractivity contribution in [2.24, 2.45) is 5.92 Å². The number of nitrogens with one attached hydrogen (secondary N) is 3. The molecule has 90 valence electrons. The first-order valence-electron chi connectivity index (χ1n) is 6.03. The SMILES string of the molecule is O=C1CCC(C(=O)NCC2CCNCC2)N1. The molecular formula is C11H19N3O2. The van der Waals surface area contributed by atoms with Crippen LogP contribution >= 0.6 is 0 Å². The Morgan fingerprint density at radius 1 is 1.31 bits per heavy atom. The van der Waals surface area contributed by atoms with Crippen LogP contribution in [0.4, 0.5) is 0 Å². The fourth-order valence-electron chi connectivity index (χ4n) is 2.26. The lowest BCUT2D eigenvalue weighted by Gasteiger charge is -2.23. The summed E-state index contributed by atoms with van der Waals surface area (Å²) in [5.41, 5.74) is 0. The highest BCUT2D eigenvalue weighted by molar-refractivity contribution is 5.90. The third-order valence-corrected chi connectivity index (χ3v) is 3.34. The third-order valence-electron chi connectivity index (χ3n) is 3.34. The van der Waals surface area contributed by atoms with Crippen molar-refractivity contribution in [3.05, 3.63) is 0 Å². The van der Waals surface area contributed by atoms with Crippen LogP contribution in [0.15, 0.2) is 0 Å². The summed E-state index contributed by atoms with van der Waals surface area (Å²) in [6.07, 6.45) is 3.36. The zero-order valence-electron chi connectivity index (χ0n) is 9.42. The molecule has 0 saturated carbocycles. The van der Waals surface area contributed by atoms with Gasteiger partial charge in [0.15, 0.2) is 0 Å². The van der Waals surface area contributed by atoms with Crippen LogP contribution in [0.2, 0.25) is 0 Å². The van der Waals surface area contributed by atoms with Crippen molar-refractivity contribution in [3.63, 3.8) is 0 Å². The molecule has 2 amide bonds. The molecule has 0 radical (unpaired) electrons. The van der Waals surface area contributed by atoms with E-state index in [1.165, 1.54) is 0 Å². The van der Waals surface area contributed by atoms with Crippen molar-refractivity contribution >= 4 is 11.8 Å². The van der Waals surface area contributed by atoms with Gasteiger partial charge in [-0.25, -0.2) is 0 Å². The summed E-state index contributed by atoms with van der Waals surface area (Å²) in [4.78, 5) is 22.7. The Morgan fingerprint density at radius 2 is 2.06 bits per heavy atom. The van der Waals surface area contributed by atoms with E-state index in [0.29, 0.717) is 18.8 Å². The summed E-state index contributed by atoms with van der Waals surface area (Å²) < 4.78 is 0. The lowest BCUT2D eigenvalue weighted by atomic mass is 9.98. The van der Waals surface area contributed by atoms with E-state index >= 15 is 0 Å². The highest BCUT2D eigenvalue weighted by Gasteiger charge is 2.27. The van der Waals surface area contributed by atoms with E-state index in [0.717, 1.165) is 32.5 Å². The molecule has 2 aliphatic heterocycles. The Hall–Kier alpha value is -1.10. The molecule has 1 unspecified atom stereocenters. The van der Waals surface area contributed by atoms with Gasteiger partial charge in [0, 0.05) is 13.0 Å². The topological polar surface area (TPSA) is 70.2 Å². The third kappa shape index (κ3) is 2.95. The fraction of sp³-hybridized carbons (Fsp3) is 0.818. The maximum Gasteiger partial charge on any atom is 0.242 e. The van der Waals surface area contributed by atoms with Crippen LogP contribution in [-0.2, 0) is 9.59 Å². The number of rotatable bonds is 3. The van der Waals surface area contributed by atoms with Gasteiger partial charge in [-0.15, -0.1) is 0 Å². The van der Waals surface area contributed by atoms with Crippen molar-refractivity contribution in [3.8, 4) is 0 Å². The van der Waals surface area contributed by atoms with E-state index in [-0.39, 0.29) is 17.9 Å². The van der Waals surface area contributed by atoms with Gasteiger partial charge in [-0.05, 0) is 38.3 Å². The first-order valence-corrected chi connectivity index (χ1v) is 6.03. The minimum Gasteiger partial charge on any atom is -0.354 e. The van der Waals surface area contributed by atoms with Crippen LogP contribution in [0.1, 0.15) is 25.7 Å². The van der Waals surface area contributed by atoms with Gasteiger partial charge >= 0.3 is 0 Å². The predicted molar refractivity (Wildman–Crippen MR) is 59.8 cm³/mol. The molecule has 3 N–H and O–H groups in total. The maximum atomic E-state index is 11.7. The number of piperidine rings is 1. The Bertz CT molecular complexity index is 274. The second-order valence-corrected chi connectivity index (χ2v) is 4.60. The standard InChI is InChI=1S/C11H19N3O2/c15-10-2-1-9(14-10)11(16)13-7-8-3-5-12-6-4-8/h8-9,12H,1-7H2,(H,13,16)(H,14,15). The zero-order chi connectivity index (χ0) is 11.4. The molecule has 0 bridgehead atoms. The van der Waals surface area contributed by atoms with Gasteiger partial charge in [0.25, 0.3) is 0 Å². The highest BCUT2D eigenvalue weighted by Crippen LogP contribution is 2.11. The largest absolute Gasteiger partial charge is 0.354 e. The summed E-state index contributed by atoms with van der Waals surface area (Å²) in [6, 6.07) is -0.297. The summed E-state index contributed by atoms with van der Waals surface area (Å²) in [6.45, 7) is 2.83. The average Bonchev–Trinajstić information content (AvgIpc) is 2.74. The van der Waals surface area contributed by atoms with E-state index in [2.05, 4.69) is 16.0 Å². The van der Waals surface area contributed by atoms with Gasteiger partial charge in [0.1, 0.15) is 6.04 Å². The molecule has 1 atom stereocenters. The Morgan fingerprint density at radius 3 is 2.69 bits per heavy atom. The van der Waals surface area contributed by atoms with Crippen LogP contribution in [-0.4, -0.2) is 37.5 Å². The minimum atomic E-state index is -0.297.